The Morgan fingerprint density at radius 2 is 2.23 bits per heavy atom. The van der Waals surface area contributed by atoms with Gasteiger partial charge in [0.15, 0.2) is 0 Å². The number of piperidine rings is 1. The van der Waals surface area contributed by atoms with Crippen LogP contribution in [0.3, 0.4) is 0 Å². The average Bonchev–Trinajstić information content (AvgIpc) is 2.08. The van der Waals surface area contributed by atoms with Crippen molar-refractivity contribution in [3.63, 3.8) is 0 Å². The molecule has 1 aliphatic heterocycles. The van der Waals surface area contributed by atoms with Crippen molar-refractivity contribution in [3.8, 4) is 0 Å². The first-order valence-electron chi connectivity index (χ1n) is 4.38. The van der Waals surface area contributed by atoms with E-state index in [0.717, 1.165) is 19.5 Å². The zero-order chi connectivity index (χ0) is 9.14. The predicted octanol–water partition coefficient (Wildman–Crippen LogP) is -0.437. The fourth-order valence-corrected chi connectivity index (χ4v) is 1.52. The van der Waals surface area contributed by atoms with Crippen LogP contribution in [0, 0.1) is 5.92 Å². The molecule has 1 fully saturated rings. The minimum Gasteiger partial charge on any atom is -0.341 e. The minimum atomic E-state index is 0. The fraction of sp³-hybridized carbons (Fsp3) is 0.875. The van der Waals surface area contributed by atoms with Gasteiger partial charge in [0.05, 0.1) is 6.54 Å². The van der Waals surface area contributed by atoms with Crippen molar-refractivity contribution >= 4 is 18.3 Å². The largest absolute Gasteiger partial charge is 0.341 e. The zero-order valence-electron chi connectivity index (χ0n) is 7.90. The van der Waals surface area contributed by atoms with Gasteiger partial charge in [-0.05, 0) is 12.3 Å². The SMILES string of the molecule is CC1CN(C(=O)CN)CCC1N.Cl. The molecule has 0 aromatic carbocycles. The van der Waals surface area contributed by atoms with Gasteiger partial charge in [0.2, 0.25) is 5.91 Å². The monoisotopic (exact) mass is 207 g/mol. The average molecular weight is 208 g/mol. The number of halogens is 1. The number of likely N-dealkylation sites (tertiary alicyclic amines) is 1. The third kappa shape index (κ3) is 3.14. The quantitative estimate of drug-likeness (QED) is 0.613. The highest BCUT2D eigenvalue weighted by Gasteiger charge is 2.25. The van der Waals surface area contributed by atoms with E-state index in [0.29, 0.717) is 5.92 Å². The lowest BCUT2D eigenvalue weighted by Gasteiger charge is -2.34. The molecule has 2 atom stereocenters. The van der Waals surface area contributed by atoms with Gasteiger partial charge in [-0.2, -0.15) is 0 Å². The molecule has 0 radical (unpaired) electrons. The number of nitrogens with zero attached hydrogens (tertiary/aromatic N) is 1. The number of amides is 1. The van der Waals surface area contributed by atoms with Crippen LogP contribution in [0.5, 0.6) is 0 Å². The minimum absolute atomic E-state index is 0. The Balaban J connectivity index is 0.00000144. The molecule has 0 aromatic heterocycles. The summed E-state index contributed by atoms with van der Waals surface area (Å²) in [7, 11) is 0. The first kappa shape index (κ1) is 12.7. The number of carbonyl (C=O) groups is 1. The molecule has 0 spiro atoms. The second-order valence-electron chi connectivity index (χ2n) is 3.47. The van der Waals surface area contributed by atoms with Crippen LogP contribution in [-0.4, -0.2) is 36.5 Å². The standard InChI is InChI=1S/C8H17N3O.ClH/c1-6-5-11(8(12)4-9)3-2-7(6)10;/h6-7H,2-5,9-10H2,1H3;1H. The van der Waals surface area contributed by atoms with Crippen LogP contribution >= 0.6 is 12.4 Å². The lowest BCUT2D eigenvalue weighted by atomic mass is 9.95. The molecular formula is C8H18ClN3O. The summed E-state index contributed by atoms with van der Waals surface area (Å²) < 4.78 is 0. The van der Waals surface area contributed by atoms with Gasteiger partial charge in [0.1, 0.15) is 0 Å². The van der Waals surface area contributed by atoms with Crippen LogP contribution in [-0.2, 0) is 4.79 Å². The summed E-state index contributed by atoms with van der Waals surface area (Å²) in [4.78, 5) is 13.0. The van der Waals surface area contributed by atoms with Crippen molar-refractivity contribution in [2.75, 3.05) is 19.6 Å². The third-order valence-corrected chi connectivity index (χ3v) is 2.50. The number of hydrogen-bond donors (Lipinski definition) is 2. The first-order valence-corrected chi connectivity index (χ1v) is 4.38. The van der Waals surface area contributed by atoms with E-state index in [1.165, 1.54) is 0 Å². The third-order valence-electron chi connectivity index (χ3n) is 2.50. The molecule has 78 valence electrons. The van der Waals surface area contributed by atoms with Crippen LogP contribution < -0.4 is 11.5 Å². The molecule has 5 heteroatoms. The lowest BCUT2D eigenvalue weighted by Crippen LogP contribution is -2.49. The maximum atomic E-state index is 11.2. The fourth-order valence-electron chi connectivity index (χ4n) is 1.52. The Kier molecular flexibility index (Phi) is 5.29. The predicted molar refractivity (Wildman–Crippen MR) is 54.6 cm³/mol. The van der Waals surface area contributed by atoms with Gasteiger partial charge < -0.3 is 16.4 Å². The first-order chi connectivity index (χ1) is 5.65. The summed E-state index contributed by atoms with van der Waals surface area (Å²) in [6.45, 7) is 3.71. The number of nitrogens with two attached hydrogens (primary N) is 2. The molecule has 4 nitrogen and oxygen atoms in total. The van der Waals surface area contributed by atoms with Crippen LogP contribution in [0.2, 0.25) is 0 Å². The van der Waals surface area contributed by atoms with E-state index in [1.807, 2.05) is 0 Å². The van der Waals surface area contributed by atoms with Crippen molar-refractivity contribution in [3.05, 3.63) is 0 Å². The highest BCUT2D eigenvalue weighted by atomic mass is 35.5. The number of carbonyl (C=O) groups excluding carboxylic acids is 1. The molecule has 1 saturated heterocycles. The summed E-state index contributed by atoms with van der Waals surface area (Å²) in [5.41, 5.74) is 11.1. The molecule has 1 heterocycles. The van der Waals surface area contributed by atoms with Crippen molar-refractivity contribution < 1.29 is 4.79 Å². The highest BCUT2D eigenvalue weighted by molar-refractivity contribution is 5.85. The molecule has 2 unspecified atom stereocenters. The van der Waals surface area contributed by atoms with Crippen molar-refractivity contribution in [2.45, 2.75) is 19.4 Å². The van der Waals surface area contributed by atoms with Gasteiger partial charge in [-0.3, -0.25) is 4.79 Å². The lowest BCUT2D eigenvalue weighted by molar-refractivity contribution is -0.131. The van der Waals surface area contributed by atoms with Crippen LogP contribution in [0.1, 0.15) is 13.3 Å². The summed E-state index contributed by atoms with van der Waals surface area (Å²) in [5, 5.41) is 0. The summed E-state index contributed by atoms with van der Waals surface area (Å²) >= 11 is 0. The van der Waals surface area contributed by atoms with E-state index in [2.05, 4.69) is 6.92 Å². The van der Waals surface area contributed by atoms with Gasteiger partial charge in [-0.25, -0.2) is 0 Å². The second kappa shape index (κ2) is 5.42. The van der Waals surface area contributed by atoms with Gasteiger partial charge in [-0.15, -0.1) is 12.4 Å². The number of rotatable bonds is 1. The topological polar surface area (TPSA) is 72.3 Å². The normalized spacial score (nSPS) is 28.1. The zero-order valence-corrected chi connectivity index (χ0v) is 8.72. The van der Waals surface area contributed by atoms with E-state index in [4.69, 9.17) is 11.5 Å². The molecule has 0 bridgehead atoms. The molecule has 1 amide bonds. The van der Waals surface area contributed by atoms with Crippen molar-refractivity contribution in [1.29, 1.82) is 0 Å². The molecule has 1 rings (SSSR count). The van der Waals surface area contributed by atoms with E-state index in [-0.39, 0.29) is 30.9 Å². The van der Waals surface area contributed by atoms with Gasteiger partial charge in [0, 0.05) is 19.1 Å². The maximum Gasteiger partial charge on any atom is 0.236 e. The van der Waals surface area contributed by atoms with Gasteiger partial charge in [0.25, 0.3) is 0 Å². The van der Waals surface area contributed by atoms with Crippen molar-refractivity contribution in [2.24, 2.45) is 17.4 Å². The molecule has 4 N–H and O–H groups in total. The Hall–Kier alpha value is -0.320. The van der Waals surface area contributed by atoms with Crippen molar-refractivity contribution in [1.82, 2.24) is 4.90 Å². The molecule has 0 aromatic rings. The second-order valence-corrected chi connectivity index (χ2v) is 3.47. The maximum absolute atomic E-state index is 11.2. The molecule has 1 aliphatic rings. The van der Waals surface area contributed by atoms with Gasteiger partial charge >= 0.3 is 0 Å². The Bertz CT molecular complexity index is 177. The molecule has 0 saturated carbocycles. The van der Waals surface area contributed by atoms with Gasteiger partial charge in [-0.1, -0.05) is 6.92 Å². The molecular weight excluding hydrogens is 190 g/mol. The Morgan fingerprint density at radius 1 is 1.62 bits per heavy atom. The van der Waals surface area contributed by atoms with E-state index < -0.39 is 0 Å². The summed E-state index contributed by atoms with van der Waals surface area (Å²) in [6.07, 6.45) is 0.896. The summed E-state index contributed by atoms with van der Waals surface area (Å²) in [6, 6.07) is 0.242. The van der Waals surface area contributed by atoms with E-state index in [1.54, 1.807) is 4.90 Å². The Morgan fingerprint density at radius 3 is 2.69 bits per heavy atom. The Labute approximate surface area is 85.0 Å². The van der Waals surface area contributed by atoms with E-state index >= 15 is 0 Å². The van der Waals surface area contributed by atoms with Crippen LogP contribution in [0.25, 0.3) is 0 Å². The van der Waals surface area contributed by atoms with Crippen LogP contribution in [0.4, 0.5) is 0 Å². The smallest absolute Gasteiger partial charge is 0.236 e. The van der Waals surface area contributed by atoms with Crippen LogP contribution in [0.15, 0.2) is 0 Å². The molecule has 0 aliphatic carbocycles. The highest BCUT2D eigenvalue weighted by Crippen LogP contribution is 2.14. The summed E-state index contributed by atoms with van der Waals surface area (Å²) in [5.74, 6) is 0.433. The molecule has 13 heavy (non-hydrogen) atoms. The van der Waals surface area contributed by atoms with E-state index in [9.17, 15) is 4.79 Å². The number of hydrogen-bond acceptors (Lipinski definition) is 3.